The predicted octanol–water partition coefficient (Wildman–Crippen LogP) is 3.28. The molecule has 126 valence electrons. The zero-order chi connectivity index (χ0) is 17.8. The van der Waals surface area contributed by atoms with Crippen LogP contribution in [-0.4, -0.2) is 25.8 Å². The molecule has 3 aromatic rings. The Morgan fingerprint density at radius 1 is 1.12 bits per heavy atom. The largest absolute Gasteiger partial charge is 0.507 e. The van der Waals surface area contributed by atoms with E-state index in [0.717, 1.165) is 5.56 Å². The van der Waals surface area contributed by atoms with Gasteiger partial charge in [0.05, 0.1) is 5.56 Å². The van der Waals surface area contributed by atoms with E-state index in [0.29, 0.717) is 23.0 Å². The third kappa shape index (κ3) is 3.92. The summed E-state index contributed by atoms with van der Waals surface area (Å²) >= 11 is 0. The molecule has 25 heavy (non-hydrogen) atoms. The lowest BCUT2D eigenvalue weighted by Crippen LogP contribution is -2.00. The number of phenols is 1. The molecule has 0 saturated carbocycles. The first kappa shape index (κ1) is 16.4. The number of carbonyl (C=O) groups excluding carboxylic acids is 1. The Hall–Kier alpha value is -3.41. The first-order valence-electron chi connectivity index (χ1n) is 7.69. The molecule has 6 heteroatoms. The smallest absolute Gasteiger partial charge is 0.308 e. The second-order valence-electron chi connectivity index (χ2n) is 5.43. The van der Waals surface area contributed by atoms with Gasteiger partial charge < -0.3 is 9.84 Å². The molecule has 0 radical (unpaired) electrons. The van der Waals surface area contributed by atoms with Gasteiger partial charge in [-0.3, -0.25) is 4.79 Å². The molecule has 1 aromatic heterocycles. The van der Waals surface area contributed by atoms with Crippen molar-refractivity contribution in [3.63, 3.8) is 0 Å². The second kappa shape index (κ2) is 7.00. The van der Waals surface area contributed by atoms with E-state index in [9.17, 15) is 9.90 Å². The number of nitrogens with zero attached hydrogens (tertiary/aromatic N) is 3. The van der Waals surface area contributed by atoms with E-state index in [1.54, 1.807) is 48.1 Å². The normalized spacial score (nSPS) is 11.0. The predicted molar refractivity (Wildman–Crippen MR) is 94.8 cm³/mol. The molecule has 6 nitrogen and oxygen atoms in total. The molecule has 0 aliphatic heterocycles. The summed E-state index contributed by atoms with van der Waals surface area (Å²) in [7, 11) is 1.78. The molecular weight excluding hydrogens is 318 g/mol. The number of aromatic nitrogens is 3. The zero-order valence-corrected chi connectivity index (χ0v) is 13.9. The van der Waals surface area contributed by atoms with Crippen LogP contribution in [-0.2, 0) is 11.8 Å². The number of benzene rings is 2. The van der Waals surface area contributed by atoms with Crippen molar-refractivity contribution in [3.8, 4) is 22.9 Å². The van der Waals surface area contributed by atoms with Gasteiger partial charge in [-0.2, -0.15) is 5.10 Å². The molecule has 0 fully saturated rings. The Bertz CT molecular complexity index is 927. The monoisotopic (exact) mass is 335 g/mol. The molecule has 0 spiro atoms. The van der Waals surface area contributed by atoms with Gasteiger partial charge in [-0.05, 0) is 35.9 Å². The fourth-order valence-electron chi connectivity index (χ4n) is 2.36. The van der Waals surface area contributed by atoms with E-state index in [4.69, 9.17) is 4.74 Å². The first-order chi connectivity index (χ1) is 12.0. The van der Waals surface area contributed by atoms with Crippen molar-refractivity contribution in [2.24, 2.45) is 7.05 Å². The van der Waals surface area contributed by atoms with Crippen LogP contribution in [0.2, 0.25) is 0 Å². The third-order valence-corrected chi connectivity index (χ3v) is 3.49. The van der Waals surface area contributed by atoms with Crippen molar-refractivity contribution in [2.75, 3.05) is 0 Å². The van der Waals surface area contributed by atoms with Gasteiger partial charge in [-0.1, -0.05) is 30.3 Å². The molecule has 0 amide bonds. The molecule has 0 unspecified atom stereocenters. The van der Waals surface area contributed by atoms with Gasteiger partial charge in [0.15, 0.2) is 11.6 Å². The Kier molecular flexibility index (Phi) is 4.61. The minimum atomic E-state index is -0.349. The van der Waals surface area contributed by atoms with Crippen LogP contribution in [0.25, 0.3) is 23.5 Å². The van der Waals surface area contributed by atoms with Crippen molar-refractivity contribution in [2.45, 2.75) is 6.92 Å². The highest BCUT2D eigenvalue weighted by Crippen LogP contribution is 2.26. The summed E-state index contributed by atoms with van der Waals surface area (Å²) in [6.07, 6.45) is 3.64. The summed E-state index contributed by atoms with van der Waals surface area (Å²) in [4.78, 5) is 15.4. The fraction of sp³-hybridized carbons (Fsp3) is 0.105. The Labute approximate surface area is 145 Å². The number of rotatable bonds is 4. The number of para-hydroxylation sites is 1. The van der Waals surface area contributed by atoms with Gasteiger partial charge >= 0.3 is 5.97 Å². The van der Waals surface area contributed by atoms with Crippen LogP contribution in [0, 0.1) is 0 Å². The van der Waals surface area contributed by atoms with Crippen molar-refractivity contribution in [1.82, 2.24) is 14.8 Å². The van der Waals surface area contributed by atoms with Crippen molar-refractivity contribution < 1.29 is 14.6 Å². The summed E-state index contributed by atoms with van der Waals surface area (Å²) in [5, 5.41) is 14.3. The summed E-state index contributed by atoms with van der Waals surface area (Å²) in [6, 6.07) is 14.1. The van der Waals surface area contributed by atoms with Crippen molar-refractivity contribution >= 4 is 18.1 Å². The Morgan fingerprint density at radius 2 is 1.84 bits per heavy atom. The number of carbonyl (C=O) groups is 1. The quantitative estimate of drug-likeness (QED) is 0.585. The maximum atomic E-state index is 10.9. The van der Waals surface area contributed by atoms with Gasteiger partial charge in [0.2, 0.25) is 0 Å². The Balaban J connectivity index is 1.80. The average Bonchev–Trinajstić information content (AvgIpc) is 2.95. The van der Waals surface area contributed by atoms with Crippen LogP contribution in [0.3, 0.4) is 0 Å². The van der Waals surface area contributed by atoms with Crippen molar-refractivity contribution in [1.29, 1.82) is 0 Å². The molecule has 0 saturated heterocycles. The maximum absolute atomic E-state index is 10.9. The number of hydrogen-bond donors (Lipinski definition) is 1. The van der Waals surface area contributed by atoms with E-state index in [1.165, 1.54) is 6.92 Å². The molecule has 2 aromatic carbocycles. The molecule has 0 bridgehead atoms. The lowest BCUT2D eigenvalue weighted by molar-refractivity contribution is -0.131. The minimum Gasteiger partial charge on any atom is -0.507 e. The van der Waals surface area contributed by atoms with Crippen LogP contribution in [0.5, 0.6) is 11.5 Å². The van der Waals surface area contributed by atoms with Gasteiger partial charge in [0.1, 0.15) is 11.5 Å². The first-order valence-corrected chi connectivity index (χ1v) is 7.69. The van der Waals surface area contributed by atoms with E-state index in [2.05, 4.69) is 10.1 Å². The number of phenolic OH excluding ortho intramolecular Hbond substituents is 1. The summed E-state index contributed by atoms with van der Waals surface area (Å²) in [6.45, 7) is 1.36. The number of hydrogen-bond acceptors (Lipinski definition) is 5. The number of aromatic hydroxyl groups is 1. The van der Waals surface area contributed by atoms with Gasteiger partial charge in [-0.25, -0.2) is 9.67 Å². The lowest BCUT2D eigenvalue weighted by Gasteiger charge is -2.01. The fourth-order valence-corrected chi connectivity index (χ4v) is 2.36. The van der Waals surface area contributed by atoms with E-state index >= 15 is 0 Å². The van der Waals surface area contributed by atoms with E-state index in [-0.39, 0.29) is 11.7 Å². The summed E-state index contributed by atoms with van der Waals surface area (Å²) in [5.41, 5.74) is 1.55. The van der Waals surface area contributed by atoms with Crippen molar-refractivity contribution in [3.05, 3.63) is 59.9 Å². The number of aryl methyl sites for hydroxylation is 1. The lowest BCUT2D eigenvalue weighted by atomic mass is 10.2. The molecular formula is C19H17N3O3. The van der Waals surface area contributed by atoms with Crippen LogP contribution in [0.15, 0.2) is 48.5 Å². The van der Waals surface area contributed by atoms with E-state index in [1.807, 2.05) is 24.3 Å². The molecule has 1 heterocycles. The molecule has 3 rings (SSSR count). The molecule has 0 atom stereocenters. The minimum absolute atomic E-state index is 0.162. The third-order valence-electron chi connectivity index (χ3n) is 3.49. The van der Waals surface area contributed by atoms with E-state index < -0.39 is 0 Å². The zero-order valence-electron chi connectivity index (χ0n) is 13.9. The Morgan fingerprint density at radius 3 is 2.52 bits per heavy atom. The highest BCUT2D eigenvalue weighted by Gasteiger charge is 2.11. The topological polar surface area (TPSA) is 77.2 Å². The van der Waals surface area contributed by atoms with Crippen LogP contribution in [0.4, 0.5) is 0 Å². The average molecular weight is 335 g/mol. The van der Waals surface area contributed by atoms with Crippen LogP contribution in [0.1, 0.15) is 18.3 Å². The highest BCUT2D eigenvalue weighted by atomic mass is 16.5. The standard InChI is InChI=1S/C19H17N3O3/c1-13(23)25-15-10-7-14(8-11-15)9-12-18-20-19(22(2)21-18)16-5-3-4-6-17(16)24/h3-12,24H,1-2H3/b12-9+. The second-order valence-corrected chi connectivity index (χ2v) is 5.43. The van der Waals surface area contributed by atoms with Crippen LogP contribution >= 0.6 is 0 Å². The van der Waals surface area contributed by atoms with Crippen LogP contribution < -0.4 is 4.74 Å². The molecule has 1 N–H and O–H groups in total. The van der Waals surface area contributed by atoms with Gasteiger partial charge in [0.25, 0.3) is 0 Å². The SMILES string of the molecule is CC(=O)Oc1ccc(/C=C/c2nc(-c3ccccc3O)n(C)n2)cc1. The molecule has 0 aliphatic carbocycles. The van der Waals surface area contributed by atoms with Gasteiger partial charge in [0, 0.05) is 14.0 Å². The molecule has 0 aliphatic rings. The highest BCUT2D eigenvalue weighted by molar-refractivity contribution is 5.71. The number of ether oxygens (including phenoxy) is 1. The maximum Gasteiger partial charge on any atom is 0.308 e. The number of esters is 1. The summed E-state index contributed by atoms with van der Waals surface area (Å²) < 4.78 is 6.62. The summed E-state index contributed by atoms with van der Waals surface area (Å²) in [5.74, 6) is 1.43. The van der Waals surface area contributed by atoms with Gasteiger partial charge in [-0.15, -0.1) is 0 Å².